The van der Waals surface area contributed by atoms with Crippen molar-refractivity contribution in [2.75, 3.05) is 0 Å². The zero-order valence-corrected chi connectivity index (χ0v) is 12.8. The molecule has 0 aliphatic carbocycles. The van der Waals surface area contributed by atoms with Crippen molar-refractivity contribution in [1.29, 1.82) is 0 Å². The Hall–Kier alpha value is -0.610. The Morgan fingerprint density at radius 1 is 1.21 bits per heavy atom. The van der Waals surface area contributed by atoms with E-state index in [1.165, 1.54) is 6.07 Å². The van der Waals surface area contributed by atoms with Crippen LogP contribution in [0.5, 0.6) is 0 Å². The van der Waals surface area contributed by atoms with Crippen molar-refractivity contribution in [1.82, 2.24) is 0 Å². The van der Waals surface area contributed by atoms with E-state index in [2.05, 4.69) is 15.9 Å². The molecule has 19 heavy (non-hydrogen) atoms. The minimum atomic E-state index is -0.835. The van der Waals surface area contributed by atoms with Gasteiger partial charge in [-0.05, 0) is 45.3 Å². The maximum atomic E-state index is 13.4. The van der Waals surface area contributed by atoms with Crippen molar-refractivity contribution in [3.05, 3.63) is 67.9 Å². The summed E-state index contributed by atoms with van der Waals surface area (Å²) in [6.45, 7) is 0. The monoisotopic (exact) mass is 362 g/mol. The van der Waals surface area contributed by atoms with Gasteiger partial charge in [-0.3, -0.25) is 0 Å². The normalized spacial score (nSPS) is 12.5. The van der Waals surface area contributed by atoms with Gasteiger partial charge in [0.2, 0.25) is 0 Å². The van der Waals surface area contributed by atoms with E-state index < -0.39 is 11.9 Å². The Kier molecular flexibility index (Phi) is 4.85. The molecule has 0 aliphatic rings. The van der Waals surface area contributed by atoms with Crippen LogP contribution < -0.4 is 0 Å². The minimum Gasteiger partial charge on any atom is -0.388 e. The van der Waals surface area contributed by atoms with Crippen molar-refractivity contribution >= 4 is 39.1 Å². The van der Waals surface area contributed by atoms with Crippen LogP contribution in [0.4, 0.5) is 4.39 Å². The Morgan fingerprint density at radius 2 is 1.95 bits per heavy atom. The summed E-state index contributed by atoms with van der Waals surface area (Å²) in [5.41, 5.74) is 1.22. The average Bonchev–Trinajstić information content (AvgIpc) is 2.38. The summed E-state index contributed by atoms with van der Waals surface area (Å²) in [4.78, 5) is 0. The second kappa shape index (κ2) is 6.23. The summed E-state index contributed by atoms with van der Waals surface area (Å²) in [7, 11) is 0. The quantitative estimate of drug-likeness (QED) is 0.797. The van der Waals surface area contributed by atoms with Crippen LogP contribution >= 0.6 is 39.1 Å². The van der Waals surface area contributed by atoms with Gasteiger partial charge in [0.1, 0.15) is 5.82 Å². The van der Waals surface area contributed by atoms with Crippen molar-refractivity contribution < 1.29 is 9.50 Å². The molecular weight excluding hydrogens is 354 g/mol. The van der Waals surface area contributed by atoms with Crippen LogP contribution in [-0.2, 0) is 6.42 Å². The highest BCUT2D eigenvalue weighted by atomic mass is 79.9. The van der Waals surface area contributed by atoms with Crippen molar-refractivity contribution in [3.8, 4) is 0 Å². The Morgan fingerprint density at radius 3 is 2.63 bits per heavy atom. The van der Waals surface area contributed by atoms with Crippen LogP contribution in [0.1, 0.15) is 17.2 Å². The number of halogens is 4. The summed E-state index contributed by atoms with van der Waals surface area (Å²) in [5.74, 6) is -0.409. The molecule has 5 heteroatoms. The molecule has 0 saturated heterocycles. The highest BCUT2D eigenvalue weighted by Gasteiger charge is 2.13. The molecule has 0 radical (unpaired) electrons. The summed E-state index contributed by atoms with van der Waals surface area (Å²) in [5, 5.41) is 11.0. The smallest absolute Gasteiger partial charge is 0.137 e. The maximum Gasteiger partial charge on any atom is 0.137 e. The molecule has 0 heterocycles. The largest absolute Gasteiger partial charge is 0.388 e. The second-order valence-corrected chi connectivity index (χ2v) is 5.75. The standard InChI is InChI=1S/C14H10BrCl2FO/c15-10-5-4-8(6-12(10)18)13(19)7-9-2-1-3-11(16)14(9)17/h1-6,13,19H,7H2. The first-order valence-electron chi connectivity index (χ1n) is 5.55. The van der Waals surface area contributed by atoms with Gasteiger partial charge in [-0.25, -0.2) is 4.39 Å². The van der Waals surface area contributed by atoms with Crippen LogP contribution in [0.15, 0.2) is 40.9 Å². The number of aliphatic hydroxyl groups excluding tert-OH is 1. The van der Waals surface area contributed by atoms with Gasteiger partial charge < -0.3 is 5.11 Å². The summed E-state index contributed by atoms with van der Waals surface area (Å²) in [6.07, 6.45) is -0.556. The summed E-state index contributed by atoms with van der Waals surface area (Å²) >= 11 is 15.0. The van der Waals surface area contributed by atoms with E-state index in [1.807, 2.05) is 0 Å². The first-order valence-corrected chi connectivity index (χ1v) is 7.10. The number of rotatable bonds is 3. The lowest BCUT2D eigenvalue weighted by Gasteiger charge is -2.13. The fourth-order valence-corrected chi connectivity index (χ4v) is 2.40. The number of benzene rings is 2. The highest BCUT2D eigenvalue weighted by molar-refractivity contribution is 9.10. The molecule has 1 unspecified atom stereocenters. The SMILES string of the molecule is OC(Cc1cccc(Cl)c1Cl)c1ccc(Br)c(F)c1. The molecule has 0 saturated carbocycles. The molecule has 0 aliphatic heterocycles. The van der Waals surface area contributed by atoms with Crippen molar-refractivity contribution in [2.45, 2.75) is 12.5 Å². The van der Waals surface area contributed by atoms with Crippen LogP contribution in [-0.4, -0.2) is 5.11 Å². The van der Waals surface area contributed by atoms with E-state index >= 15 is 0 Å². The zero-order chi connectivity index (χ0) is 14.0. The van der Waals surface area contributed by atoms with Gasteiger partial charge in [0.15, 0.2) is 0 Å². The van der Waals surface area contributed by atoms with E-state index in [9.17, 15) is 9.50 Å². The predicted molar refractivity (Wildman–Crippen MR) is 79.2 cm³/mol. The molecule has 1 atom stereocenters. The lowest BCUT2D eigenvalue weighted by molar-refractivity contribution is 0.178. The first kappa shape index (κ1) is 14.8. The minimum absolute atomic E-state index is 0.278. The molecule has 2 rings (SSSR count). The molecule has 0 fully saturated rings. The van der Waals surface area contributed by atoms with Gasteiger partial charge in [0, 0.05) is 6.42 Å². The van der Waals surface area contributed by atoms with Gasteiger partial charge >= 0.3 is 0 Å². The van der Waals surface area contributed by atoms with Crippen LogP contribution in [0.3, 0.4) is 0 Å². The van der Waals surface area contributed by atoms with Gasteiger partial charge in [-0.1, -0.05) is 41.4 Å². The van der Waals surface area contributed by atoms with E-state index in [4.69, 9.17) is 23.2 Å². The molecule has 0 bridgehead atoms. The second-order valence-electron chi connectivity index (χ2n) is 4.11. The fourth-order valence-electron chi connectivity index (χ4n) is 1.75. The van der Waals surface area contributed by atoms with E-state index in [1.54, 1.807) is 30.3 Å². The van der Waals surface area contributed by atoms with E-state index in [-0.39, 0.29) is 6.42 Å². The third-order valence-corrected chi connectivity index (χ3v) is 4.27. The predicted octanol–water partition coefficient (Wildman–Crippen LogP) is 5.17. The van der Waals surface area contributed by atoms with Gasteiger partial charge in [-0.15, -0.1) is 0 Å². The highest BCUT2D eigenvalue weighted by Crippen LogP contribution is 2.30. The Labute approximate surface area is 129 Å². The Balaban J connectivity index is 2.23. The zero-order valence-electron chi connectivity index (χ0n) is 9.71. The molecule has 0 spiro atoms. The number of hydrogen-bond donors (Lipinski definition) is 1. The third kappa shape index (κ3) is 3.48. The molecular formula is C14H10BrCl2FO. The lowest BCUT2D eigenvalue weighted by Crippen LogP contribution is -2.03. The van der Waals surface area contributed by atoms with Gasteiger partial charge in [0.05, 0.1) is 20.6 Å². The maximum absolute atomic E-state index is 13.4. The Bertz CT molecular complexity index is 604. The summed E-state index contributed by atoms with van der Waals surface area (Å²) in [6, 6.07) is 9.75. The lowest BCUT2D eigenvalue weighted by atomic mass is 10.0. The molecule has 0 amide bonds. The van der Waals surface area contributed by atoms with Gasteiger partial charge in [-0.2, -0.15) is 0 Å². The first-order chi connectivity index (χ1) is 8.99. The van der Waals surface area contributed by atoms with Crippen LogP contribution in [0, 0.1) is 5.82 Å². The third-order valence-electron chi connectivity index (χ3n) is 2.77. The molecule has 1 nitrogen and oxygen atoms in total. The molecule has 2 aromatic rings. The average molecular weight is 364 g/mol. The van der Waals surface area contributed by atoms with Crippen LogP contribution in [0.2, 0.25) is 10.0 Å². The number of hydrogen-bond acceptors (Lipinski definition) is 1. The van der Waals surface area contributed by atoms with Gasteiger partial charge in [0.25, 0.3) is 0 Å². The topological polar surface area (TPSA) is 20.2 Å². The van der Waals surface area contributed by atoms with Crippen molar-refractivity contribution in [2.24, 2.45) is 0 Å². The van der Waals surface area contributed by atoms with E-state index in [0.717, 1.165) is 5.56 Å². The fraction of sp³-hybridized carbons (Fsp3) is 0.143. The molecule has 0 aromatic heterocycles. The molecule has 1 N–H and O–H groups in total. The molecule has 2 aromatic carbocycles. The van der Waals surface area contributed by atoms with Crippen LogP contribution in [0.25, 0.3) is 0 Å². The van der Waals surface area contributed by atoms with E-state index in [0.29, 0.717) is 20.1 Å². The summed E-state index contributed by atoms with van der Waals surface area (Å²) < 4.78 is 13.8. The molecule has 100 valence electrons. The number of aliphatic hydroxyl groups is 1. The van der Waals surface area contributed by atoms with Crippen molar-refractivity contribution in [3.63, 3.8) is 0 Å².